The van der Waals surface area contributed by atoms with E-state index in [9.17, 15) is 35.9 Å². The van der Waals surface area contributed by atoms with E-state index in [0.29, 0.717) is 10.6 Å². The van der Waals surface area contributed by atoms with Gasteiger partial charge in [-0.1, -0.05) is 0 Å². The summed E-state index contributed by atoms with van der Waals surface area (Å²) in [7, 11) is 0. The quantitative estimate of drug-likeness (QED) is 0.151. The molecule has 0 radical (unpaired) electrons. The Morgan fingerprint density at radius 3 is 1.55 bits per heavy atom. The van der Waals surface area contributed by atoms with Crippen LogP contribution in [-0.4, -0.2) is 35.8 Å². The van der Waals surface area contributed by atoms with Crippen molar-refractivity contribution in [2.24, 2.45) is 11.8 Å². The molecule has 2 N–H and O–H groups in total. The molecule has 3 aromatic carbocycles. The van der Waals surface area contributed by atoms with Gasteiger partial charge in [-0.2, -0.15) is 0 Å². The van der Waals surface area contributed by atoms with E-state index >= 15 is 0 Å². The molecule has 3 rings (SSSR count). The molecular formula is C36H44BrF6N2O3P. The molecule has 0 spiro atoms. The van der Waals surface area contributed by atoms with Crippen molar-refractivity contribution in [3.05, 3.63) is 95.6 Å². The summed E-state index contributed by atoms with van der Waals surface area (Å²) in [4.78, 5) is 26.6. The maximum atomic E-state index is 14.0. The van der Waals surface area contributed by atoms with E-state index in [2.05, 4.69) is 26.1 Å². The van der Waals surface area contributed by atoms with Gasteiger partial charge in [0, 0.05) is 0 Å². The molecule has 49 heavy (non-hydrogen) atoms. The minimum atomic E-state index is -5.03. The molecule has 0 heterocycles. The van der Waals surface area contributed by atoms with Gasteiger partial charge in [0.05, 0.1) is 0 Å². The SMILES string of the molecule is CC(C)C(NC(=O)OC(C)(C)C)C(=O)N[C@H](CP(Br)(Cc1cc(C(F)(F)F)cc(C(F)(F)F)c1)(c1ccccc1)c1ccccc1)C(C)C. The van der Waals surface area contributed by atoms with E-state index in [4.69, 9.17) is 4.74 Å². The van der Waals surface area contributed by atoms with Gasteiger partial charge >= 0.3 is 293 Å². The molecular weight excluding hydrogens is 733 g/mol. The van der Waals surface area contributed by atoms with Crippen molar-refractivity contribution in [2.75, 3.05) is 6.16 Å². The first-order valence-corrected chi connectivity index (χ1v) is 20.5. The molecule has 1 unspecified atom stereocenters. The number of benzene rings is 3. The first-order valence-electron chi connectivity index (χ1n) is 15.9. The molecule has 270 valence electrons. The van der Waals surface area contributed by atoms with Gasteiger partial charge in [-0.05, 0) is 0 Å². The number of hydrogen-bond donors (Lipinski definition) is 2. The van der Waals surface area contributed by atoms with Crippen molar-refractivity contribution in [1.29, 1.82) is 0 Å². The van der Waals surface area contributed by atoms with Crippen LogP contribution in [0.15, 0.2) is 78.9 Å². The van der Waals surface area contributed by atoms with Crippen LogP contribution in [-0.2, 0) is 28.0 Å². The number of carbonyl (C=O) groups excluding carboxylic acids is 2. The fourth-order valence-corrected chi connectivity index (χ4v) is 14.1. The summed E-state index contributed by atoms with van der Waals surface area (Å²) in [5.41, 5.74) is -3.78. The summed E-state index contributed by atoms with van der Waals surface area (Å²) in [5, 5.41) is 3.03. The summed E-state index contributed by atoms with van der Waals surface area (Å²) in [6.45, 7) is 12.3. The van der Waals surface area contributed by atoms with Gasteiger partial charge in [0.1, 0.15) is 0 Å². The predicted octanol–water partition coefficient (Wildman–Crippen LogP) is 9.43. The topological polar surface area (TPSA) is 67.4 Å². The average molecular weight is 778 g/mol. The van der Waals surface area contributed by atoms with E-state index in [-0.39, 0.29) is 35.8 Å². The second-order valence-corrected chi connectivity index (χ2v) is 23.6. The van der Waals surface area contributed by atoms with Crippen LogP contribution in [0.2, 0.25) is 0 Å². The fraction of sp³-hybridized carbons (Fsp3) is 0.444. The van der Waals surface area contributed by atoms with E-state index in [1.807, 2.05) is 13.8 Å². The number of amides is 2. The zero-order chi connectivity index (χ0) is 37.0. The molecule has 2 atom stereocenters. The molecule has 0 aromatic heterocycles. The second kappa shape index (κ2) is 15.0. The van der Waals surface area contributed by atoms with Gasteiger partial charge in [0.15, 0.2) is 0 Å². The van der Waals surface area contributed by atoms with Gasteiger partial charge in [-0.3, -0.25) is 0 Å². The zero-order valence-corrected chi connectivity index (χ0v) is 31.0. The summed E-state index contributed by atoms with van der Waals surface area (Å²) < 4.78 is 89.6. The molecule has 0 saturated carbocycles. The van der Waals surface area contributed by atoms with Crippen LogP contribution >= 0.6 is 20.8 Å². The van der Waals surface area contributed by atoms with Gasteiger partial charge in [-0.25, -0.2) is 0 Å². The fourth-order valence-electron chi connectivity index (χ4n) is 5.71. The second-order valence-electron chi connectivity index (χ2n) is 14.0. The molecule has 2 amide bonds. The summed E-state index contributed by atoms with van der Waals surface area (Å²) in [6, 6.07) is 17.8. The maximum absolute atomic E-state index is 14.0. The number of nitrogens with one attached hydrogen (secondary N) is 2. The molecule has 0 bridgehead atoms. The number of alkyl halides is 6. The van der Waals surface area contributed by atoms with Crippen LogP contribution < -0.4 is 21.2 Å². The molecule has 0 fully saturated rings. The number of ether oxygens (including phenoxy) is 1. The van der Waals surface area contributed by atoms with Crippen LogP contribution in [0.3, 0.4) is 0 Å². The number of alkyl carbamates (subject to hydrolysis) is 1. The van der Waals surface area contributed by atoms with Crippen molar-refractivity contribution in [2.45, 2.75) is 84.7 Å². The molecule has 0 aliphatic carbocycles. The number of rotatable bonds is 11. The summed E-state index contributed by atoms with van der Waals surface area (Å²) >= 11 is 4.12. The normalized spacial score (nSPS) is 14.9. The van der Waals surface area contributed by atoms with Crippen molar-refractivity contribution >= 4 is 43.4 Å². The number of carbonyl (C=O) groups is 2. The Balaban J connectivity index is 2.25. The summed E-state index contributed by atoms with van der Waals surface area (Å²) in [5.74, 6) is -1.11. The molecule has 3 aromatic rings. The Morgan fingerprint density at radius 1 is 0.735 bits per heavy atom. The third kappa shape index (κ3) is 10.2. The Kier molecular flexibility index (Phi) is 12.4. The Morgan fingerprint density at radius 2 is 1.18 bits per heavy atom. The Bertz CT molecular complexity index is 1520. The monoisotopic (exact) mass is 776 g/mol. The van der Waals surface area contributed by atoms with E-state index in [0.717, 1.165) is 12.1 Å². The van der Waals surface area contributed by atoms with E-state index in [1.54, 1.807) is 95.3 Å². The van der Waals surface area contributed by atoms with Gasteiger partial charge in [0.2, 0.25) is 0 Å². The number of hydrogen-bond acceptors (Lipinski definition) is 3. The van der Waals surface area contributed by atoms with E-state index in [1.165, 1.54) is 0 Å². The molecule has 5 nitrogen and oxygen atoms in total. The number of halogens is 7. The van der Waals surface area contributed by atoms with E-state index < -0.39 is 58.5 Å². The summed E-state index contributed by atoms with van der Waals surface area (Å²) in [6.07, 6.45) is -10.9. The zero-order valence-electron chi connectivity index (χ0n) is 28.5. The molecule has 0 aliphatic heterocycles. The minimum absolute atomic E-state index is 0.123. The Labute approximate surface area is 292 Å². The molecule has 0 aliphatic rings. The van der Waals surface area contributed by atoms with Gasteiger partial charge in [-0.15, -0.1) is 0 Å². The van der Waals surface area contributed by atoms with Gasteiger partial charge in [0.25, 0.3) is 0 Å². The average Bonchev–Trinajstić information content (AvgIpc) is 2.98. The Hall–Kier alpha value is -3.11. The van der Waals surface area contributed by atoms with Crippen molar-refractivity contribution in [3.63, 3.8) is 0 Å². The standard InChI is InChI=1S/C36H44BrF6N2O3P/c1-23(2)30(44-32(46)31(24(3)4)45-33(47)48-34(5,6)7)22-49(37,28-14-10-8-11-15-28,29-16-12-9-13-17-29)21-25-18-26(35(38,39)40)20-27(19-25)36(41,42)43/h8-20,23-24,30-31H,21-22H2,1-7H3,(H,44,46)(H,45,47)/t30-,31?/m1/s1. The predicted molar refractivity (Wildman–Crippen MR) is 188 cm³/mol. The van der Waals surface area contributed by atoms with Crippen LogP contribution in [0.25, 0.3) is 0 Å². The van der Waals surface area contributed by atoms with Crippen LogP contribution in [0.5, 0.6) is 0 Å². The molecule has 0 saturated heterocycles. The molecule has 13 heteroatoms. The van der Waals surface area contributed by atoms with Gasteiger partial charge < -0.3 is 0 Å². The van der Waals surface area contributed by atoms with Crippen LogP contribution in [0.4, 0.5) is 31.1 Å². The van der Waals surface area contributed by atoms with Crippen LogP contribution in [0, 0.1) is 11.8 Å². The first-order chi connectivity index (χ1) is 22.4. The van der Waals surface area contributed by atoms with Crippen molar-refractivity contribution < 1.29 is 40.7 Å². The third-order valence-corrected chi connectivity index (χ3v) is 17.4. The van der Waals surface area contributed by atoms with Crippen LogP contribution in [0.1, 0.15) is 65.2 Å². The van der Waals surface area contributed by atoms with Crippen molar-refractivity contribution in [1.82, 2.24) is 10.6 Å². The van der Waals surface area contributed by atoms with Crippen molar-refractivity contribution in [3.8, 4) is 0 Å². The first kappa shape index (κ1) is 40.3. The third-order valence-electron chi connectivity index (χ3n) is 8.19.